The van der Waals surface area contributed by atoms with Crippen molar-refractivity contribution in [3.8, 4) is 5.75 Å². The molecular weight excluding hydrogens is 296 g/mol. The van der Waals surface area contributed by atoms with Crippen LogP contribution in [0.4, 0.5) is 0 Å². The van der Waals surface area contributed by atoms with E-state index in [1.54, 1.807) is 6.08 Å². The third-order valence-electron chi connectivity index (χ3n) is 2.54. The predicted molar refractivity (Wildman–Crippen MR) is 74.6 cm³/mol. The lowest BCUT2D eigenvalue weighted by atomic mass is 10.0. The van der Waals surface area contributed by atoms with Crippen LogP contribution in [0, 0.1) is 0 Å². The number of rotatable bonds is 2. The quantitative estimate of drug-likeness (QED) is 0.847. The standard InChI is InChI=1S/C14H13BrO3/c1-14(2)6-5-10-7-9(3-4-12(16)17)8-11(15)13(10)18-14/h3-8H,1-2H3,(H,16,17). The highest BCUT2D eigenvalue weighted by Crippen LogP contribution is 2.38. The molecule has 0 bridgehead atoms. The molecule has 18 heavy (non-hydrogen) atoms. The third-order valence-corrected chi connectivity index (χ3v) is 3.13. The lowest BCUT2D eigenvalue weighted by Crippen LogP contribution is -2.27. The first-order valence-electron chi connectivity index (χ1n) is 5.50. The number of carboxylic acid groups (broad SMARTS) is 1. The number of halogens is 1. The molecule has 0 aromatic heterocycles. The van der Waals surface area contributed by atoms with E-state index in [0.29, 0.717) is 0 Å². The van der Waals surface area contributed by atoms with Crippen LogP contribution in [-0.2, 0) is 4.79 Å². The van der Waals surface area contributed by atoms with Crippen LogP contribution in [0.5, 0.6) is 5.75 Å². The number of hydrogen-bond donors (Lipinski definition) is 1. The molecule has 4 heteroatoms. The van der Waals surface area contributed by atoms with Crippen molar-refractivity contribution in [3.05, 3.63) is 39.9 Å². The van der Waals surface area contributed by atoms with Crippen molar-refractivity contribution >= 4 is 34.1 Å². The summed E-state index contributed by atoms with van der Waals surface area (Å²) in [6.45, 7) is 3.97. The molecule has 0 atom stereocenters. The zero-order chi connectivity index (χ0) is 13.3. The molecule has 0 saturated carbocycles. The van der Waals surface area contributed by atoms with Crippen LogP contribution in [-0.4, -0.2) is 16.7 Å². The summed E-state index contributed by atoms with van der Waals surface area (Å²) in [7, 11) is 0. The van der Waals surface area contributed by atoms with Gasteiger partial charge in [-0.2, -0.15) is 0 Å². The van der Waals surface area contributed by atoms with E-state index in [2.05, 4.69) is 15.9 Å². The lowest BCUT2D eigenvalue weighted by molar-refractivity contribution is -0.131. The fraction of sp³-hybridized carbons (Fsp3) is 0.214. The van der Waals surface area contributed by atoms with Crippen LogP contribution in [0.3, 0.4) is 0 Å². The summed E-state index contributed by atoms with van der Waals surface area (Å²) >= 11 is 3.45. The number of aliphatic carboxylic acids is 1. The van der Waals surface area contributed by atoms with Gasteiger partial charge in [0.25, 0.3) is 0 Å². The van der Waals surface area contributed by atoms with E-state index in [9.17, 15) is 4.79 Å². The molecule has 1 N–H and O–H groups in total. The average molecular weight is 309 g/mol. The molecule has 1 aromatic carbocycles. The molecule has 0 radical (unpaired) electrons. The van der Waals surface area contributed by atoms with E-state index in [1.165, 1.54) is 0 Å². The van der Waals surface area contributed by atoms with Gasteiger partial charge in [0.15, 0.2) is 0 Å². The van der Waals surface area contributed by atoms with Gasteiger partial charge in [0.1, 0.15) is 11.4 Å². The maximum absolute atomic E-state index is 10.5. The van der Waals surface area contributed by atoms with Crippen LogP contribution < -0.4 is 4.74 Å². The highest BCUT2D eigenvalue weighted by molar-refractivity contribution is 9.10. The van der Waals surface area contributed by atoms with Crippen LogP contribution in [0.2, 0.25) is 0 Å². The van der Waals surface area contributed by atoms with Crippen LogP contribution in [0.1, 0.15) is 25.0 Å². The van der Waals surface area contributed by atoms with Crippen molar-refractivity contribution in [2.45, 2.75) is 19.4 Å². The molecule has 0 aliphatic carbocycles. The molecule has 1 aliphatic rings. The van der Waals surface area contributed by atoms with E-state index in [1.807, 2.05) is 38.1 Å². The molecule has 94 valence electrons. The zero-order valence-corrected chi connectivity index (χ0v) is 11.7. The fourth-order valence-corrected chi connectivity index (χ4v) is 2.29. The van der Waals surface area contributed by atoms with Crippen molar-refractivity contribution in [1.29, 1.82) is 0 Å². The predicted octanol–water partition coefficient (Wildman–Crippen LogP) is 3.73. The lowest BCUT2D eigenvalue weighted by Gasteiger charge is -2.28. The molecule has 0 spiro atoms. The van der Waals surface area contributed by atoms with Gasteiger partial charge in [-0.1, -0.05) is 6.08 Å². The highest BCUT2D eigenvalue weighted by atomic mass is 79.9. The largest absolute Gasteiger partial charge is 0.482 e. The second-order valence-corrected chi connectivity index (χ2v) is 5.49. The Hall–Kier alpha value is -1.55. The van der Waals surface area contributed by atoms with Gasteiger partial charge in [0.2, 0.25) is 0 Å². The minimum absolute atomic E-state index is 0.325. The third kappa shape index (κ3) is 2.82. The second kappa shape index (κ2) is 4.61. The molecule has 1 heterocycles. The maximum atomic E-state index is 10.5. The van der Waals surface area contributed by atoms with Crippen LogP contribution in [0.25, 0.3) is 12.2 Å². The summed E-state index contributed by atoms with van der Waals surface area (Å²) in [5.74, 6) is -0.174. The first-order valence-corrected chi connectivity index (χ1v) is 6.29. The summed E-state index contributed by atoms with van der Waals surface area (Å²) < 4.78 is 6.68. The first kappa shape index (κ1) is 12.9. The smallest absolute Gasteiger partial charge is 0.328 e. The van der Waals surface area contributed by atoms with Gasteiger partial charge in [-0.05, 0) is 59.6 Å². The van der Waals surface area contributed by atoms with Gasteiger partial charge in [0, 0.05) is 11.6 Å². The van der Waals surface area contributed by atoms with Crippen molar-refractivity contribution in [2.24, 2.45) is 0 Å². The highest BCUT2D eigenvalue weighted by Gasteiger charge is 2.23. The minimum atomic E-state index is -0.961. The molecule has 0 amide bonds. The van der Waals surface area contributed by atoms with E-state index >= 15 is 0 Å². The van der Waals surface area contributed by atoms with E-state index in [4.69, 9.17) is 9.84 Å². The summed E-state index contributed by atoms with van der Waals surface area (Å²) in [5.41, 5.74) is 1.43. The molecule has 1 aromatic rings. The van der Waals surface area contributed by atoms with Crippen LogP contribution in [0.15, 0.2) is 28.8 Å². The van der Waals surface area contributed by atoms with Crippen LogP contribution >= 0.6 is 15.9 Å². The van der Waals surface area contributed by atoms with Gasteiger partial charge in [-0.15, -0.1) is 0 Å². The average Bonchev–Trinajstić information content (AvgIpc) is 2.27. The minimum Gasteiger partial charge on any atom is -0.482 e. The molecule has 0 saturated heterocycles. The molecule has 1 aliphatic heterocycles. The SMILES string of the molecule is CC1(C)C=Cc2cc(C=CC(=O)O)cc(Br)c2O1. The van der Waals surface area contributed by atoms with E-state index in [-0.39, 0.29) is 5.60 Å². The van der Waals surface area contributed by atoms with Crippen molar-refractivity contribution in [3.63, 3.8) is 0 Å². The summed E-state index contributed by atoms with van der Waals surface area (Å²) in [6.07, 6.45) is 6.64. The Kier molecular flexibility index (Phi) is 3.30. The van der Waals surface area contributed by atoms with Gasteiger partial charge < -0.3 is 9.84 Å². The second-order valence-electron chi connectivity index (χ2n) is 4.63. The zero-order valence-electron chi connectivity index (χ0n) is 10.1. The molecular formula is C14H13BrO3. The summed E-state index contributed by atoms with van der Waals surface area (Å²) in [4.78, 5) is 10.5. The molecule has 3 nitrogen and oxygen atoms in total. The molecule has 0 fully saturated rings. The monoisotopic (exact) mass is 308 g/mol. The Bertz CT molecular complexity index is 556. The number of carboxylic acids is 1. The van der Waals surface area contributed by atoms with E-state index < -0.39 is 5.97 Å². The van der Waals surface area contributed by atoms with Gasteiger partial charge in [-0.25, -0.2) is 4.79 Å². The normalized spacial score (nSPS) is 16.4. The number of ether oxygens (including phenoxy) is 1. The van der Waals surface area contributed by atoms with Gasteiger partial charge >= 0.3 is 5.97 Å². The number of hydrogen-bond acceptors (Lipinski definition) is 2. The summed E-state index contributed by atoms with van der Waals surface area (Å²) in [5, 5.41) is 8.61. The topological polar surface area (TPSA) is 46.5 Å². The van der Waals surface area contributed by atoms with Gasteiger partial charge in [-0.3, -0.25) is 0 Å². The first-order chi connectivity index (χ1) is 8.37. The Morgan fingerprint density at radius 1 is 1.44 bits per heavy atom. The Morgan fingerprint density at radius 2 is 2.17 bits per heavy atom. The Morgan fingerprint density at radius 3 is 2.83 bits per heavy atom. The Balaban J connectivity index is 2.42. The number of fused-ring (bicyclic) bond motifs is 1. The van der Waals surface area contributed by atoms with Crippen molar-refractivity contribution in [2.75, 3.05) is 0 Å². The van der Waals surface area contributed by atoms with E-state index in [0.717, 1.165) is 27.4 Å². The number of carbonyl (C=O) groups is 1. The molecule has 2 rings (SSSR count). The Labute approximate surface area is 114 Å². The van der Waals surface area contributed by atoms with Crippen molar-refractivity contribution < 1.29 is 14.6 Å². The molecule has 0 unspecified atom stereocenters. The maximum Gasteiger partial charge on any atom is 0.328 e. The fourth-order valence-electron chi connectivity index (χ4n) is 1.72. The number of benzene rings is 1. The summed E-state index contributed by atoms with van der Waals surface area (Å²) in [6, 6.07) is 3.73. The van der Waals surface area contributed by atoms with Crippen molar-refractivity contribution in [1.82, 2.24) is 0 Å². The van der Waals surface area contributed by atoms with Gasteiger partial charge in [0.05, 0.1) is 4.47 Å².